The third-order valence-corrected chi connectivity index (χ3v) is 3.78. The molecular weight excluding hydrogens is 232 g/mol. The highest BCUT2D eigenvalue weighted by atomic mass is 32.1. The highest BCUT2D eigenvalue weighted by Gasteiger charge is 2.22. The summed E-state index contributed by atoms with van der Waals surface area (Å²) in [5.74, 6) is -0.0731. The fraction of sp³-hybridized carbons (Fsp3) is 0.308. The molecule has 0 saturated heterocycles. The minimum atomic E-state index is -0.575. The molecule has 0 fully saturated rings. The third kappa shape index (κ3) is 2.72. The molecule has 0 spiro atoms. The number of aromatic nitrogens is 1. The van der Waals surface area contributed by atoms with Crippen molar-refractivity contribution in [1.82, 2.24) is 4.98 Å². The molecule has 0 radical (unpaired) electrons. The molecule has 0 amide bonds. The second-order valence-corrected chi connectivity index (χ2v) is 5.25. The van der Waals surface area contributed by atoms with Gasteiger partial charge in [-0.3, -0.25) is 0 Å². The largest absolute Gasteiger partial charge is 0.387 e. The number of hydrogen-bond acceptors (Lipinski definition) is 4. The predicted molar refractivity (Wildman–Crippen MR) is 70.0 cm³/mol. The van der Waals surface area contributed by atoms with E-state index in [2.05, 4.69) is 4.98 Å². The first kappa shape index (κ1) is 12.2. The van der Waals surface area contributed by atoms with Gasteiger partial charge in [0.25, 0.3) is 0 Å². The minimum absolute atomic E-state index is 0.0731. The van der Waals surface area contributed by atoms with E-state index in [9.17, 15) is 5.11 Å². The number of aliphatic hydroxyl groups is 1. The van der Waals surface area contributed by atoms with Gasteiger partial charge in [-0.2, -0.15) is 0 Å². The van der Waals surface area contributed by atoms with Crippen molar-refractivity contribution in [3.05, 3.63) is 52.0 Å². The Bertz CT molecular complexity index is 469. The van der Waals surface area contributed by atoms with Crippen molar-refractivity contribution in [3.8, 4) is 0 Å². The molecule has 90 valence electrons. The van der Waals surface area contributed by atoms with E-state index in [1.807, 2.05) is 37.3 Å². The van der Waals surface area contributed by atoms with Gasteiger partial charge in [-0.25, -0.2) is 4.98 Å². The Kier molecular flexibility index (Phi) is 3.89. The van der Waals surface area contributed by atoms with Gasteiger partial charge in [0.15, 0.2) is 0 Å². The topological polar surface area (TPSA) is 59.1 Å². The first-order valence-corrected chi connectivity index (χ1v) is 6.39. The first-order chi connectivity index (χ1) is 8.22. The Morgan fingerprint density at radius 1 is 1.35 bits per heavy atom. The number of aliphatic hydroxyl groups excluding tert-OH is 1. The van der Waals surface area contributed by atoms with Crippen molar-refractivity contribution in [1.29, 1.82) is 0 Å². The summed E-state index contributed by atoms with van der Waals surface area (Å²) >= 11 is 1.52. The molecule has 2 rings (SSSR count). The molecule has 2 aromatic rings. The lowest BCUT2D eigenvalue weighted by Crippen LogP contribution is -2.19. The van der Waals surface area contributed by atoms with Gasteiger partial charge >= 0.3 is 0 Å². The van der Waals surface area contributed by atoms with E-state index in [4.69, 9.17) is 5.73 Å². The summed E-state index contributed by atoms with van der Waals surface area (Å²) < 4.78 is 0. The van der Waals surface area contributed by atoms with E-state index < -0.39 is 6.10 Å². The van der Waals surface area contributed by atoms with Gasteiger partial charge < -0.3 is 10.8 Å². The van der Waals surface area contributed by atoms with Crippen LogP contribution in [0.15, 0.2) is 36.5 Å². The van der Waals surface area contributed by atoms with E-state index in [1.165, 1.54) is 11.3 Å². The van der Waals surface area contributed by atoms with Crippen LogP contribution in [0.4, 0.5) is 0 Å². The van der Waals surface area contributed by atoms with Gasteiger partial charge in [-0.05, 0) is 12.5 Å². The van der Waals surface area contributed by atoms with Crippen LogP contribution in [0.25, 0.3) is 0 Å². The molecule has 1 aromatic carbocycles. The van der Waals surface area contributed by atoms with Crippen molar-refractivity contribution in [3.63, 3.8) is 0 Å². The van der Waals surface area contributed by atoms with E-state index in [0.29, 0.717) is 6.54 Å². The standard InChI is InChI=1S/C13H16N2OS/c1-9-15-8-12(17-9)13(16)11(7-14)10-5-3-2-4-6-10/h2-6,8,11,13,16H,7,14H2,1H3. The Hall–Kier alpha value is -1.23. The molecule has 0 aliphatic carbocycles. The average molecular weight is 248 g/mol. The molecule has 0 bridgehead atoms. The summed E-state index contributed by atoms with van der Waals surface area (Å²) in [5.41, 5.74) is 6.84. The van der Waals surface area contributed by atoms with Gasteiger partial charge in [-0.1, -0.05) is 30.3 Å². The van der Waals surface area contributed by atoms with Crippen LogP contribution in [0.1, 0.15) is 27.5 Å². The van der Waals surface area contributed by atoms with Crippen LogP contribution in [-0.2, 0) is 0 Å². The lowest BCUT2D eigenvalue weighted by atomic mass is 9.93. The fourth-order valence-electron chi connectivity index (χ4n) is 1.86. The van der Waals surface area contributed by atoms with Crippen molar-refractivity contribution >= 4 is 11.3 Å². The number of nitrogens with two attached hydrogens (primary N) is 1. The summed E-state index contributed by atoms with van der Waals surface area (Å²) in [6, 6.07) is 9.87. The number of aryl methyl sites for hydroxylation is 1. The number of nitrogens with zero attached hydrogens (tertiary/aromatic N) is 1. The normalized spacial score (nSPS) is 14.5. The van der Waals surface area contributed by atoms with Gasteiger partial charge in [0.05, 0.1) is 16.0 Å². The number of thiazole rings is 1. The second-order valence-electron chi connectivity index (χ2n) is 3.98. The zero-order valence-electron chi connectivity index (χ0n) is 9.71. The minimum Gasteiger partial charge on any atom is -0.387 e. The van der Waals surface area contributed by atoms with Crippen LogP contribution in [0, 0.1) is 6.92 Å². The molecule has 4 heteroatoms. The maximum absolute atomic E-state index is 10.3. The predicted octanol–water partition coefficient (Wildman–Crippen LogP) is 2.23. The van der Waals surface area contributed by atoms with Crippen molar-refractivity contribution in [2.45, 2.75) is 18.9 Å². The summed E-state index contributed by atoms with van der Waals surface area (Å²) in [7, 11) is 0. The number of rotatable bonds is 4. The molecule has 2 unspecified atom stereocenters. The van der Waals surface area contributed by atoms with E-state index in [-0.39, 0.29) is 5.92 Å². The Balaban J connectivity index is 2.25. The zero-order chi connectivity index (χ0) is 12.3. The molecule has 1 heterocycles. The van der Waals surface area contributed by atoms with Gasteiger partial charge in [0.1, 0.15) is 0 Å². The van der Waals surface area contributed by atoms with Crippen LogP contribution in [0.2, 0.25) is 0 Å². The van der Waals surface area contributed by atoms with E-state index in [1.54, 1.807) is 6.20 Å². The zero-order valence-corrected chi connectivity index (χ0v) is 10.5. The van der Waals surface area contributed by atoms with Crippen LogP contribution in [0.3, 0.4) is 0 Å². The molecule has 2 atom stereocenters. The average Bonchev–Trinajstić information content (AvgIpc) is 2.78. The van der Waals surface area contributed by atoms with Gasteiger partial charge in [0.2, 0.25) is 0 Å². The SMILES string of the molecule is Cc1ncc(C(O)C(CN)c2ccccc2)s1. The Morgan fingerprint density at radius 2 is 2.06 bits per heavy atom. The second kappa shape index (κ2) is 5.40. The summed E-state index contributed by atoms with van der Waals surface area (Å²) in [4.78, 5) is 5.04. The molecule has 0 aliphatic heterocycles. The van der Waals surface area contributed by atoms with Gasteiger partial charge in [0, 0.05) is 18.7 Å². The summed E-state index contributed by atoms with van der Waals surface area (Å²) in [5, 5.41) is 11.3. The molecule has 3 nitrogen and oxygen atoms in total. The maximum atomic E-state index is 10.3. The molecule has 1 aromatic heterocycles. The molecule has 0 aliphatic rings. The molecular formula is C13H16N2OS. The molecule has 17 heavy (non-hydrogen) atoms. The fourth-order valence-corrected chi connectivity index (χ4v) is 2.70. The highest BCUT2D eigenvalue weighted by Crippen LogP contribution is 2.32. The number of benzene rings is 1. The van der Waals surface area contributed by atoms with Crippen LogP contribution in [0.5, 0.6) is 0 Å². The molecule has 0 saturated carbocycles. The van der Waals surface area contributed by atoms with Crippen LogP contribution < -0.4 is 5.73 Å². The Morgan fingerprint density at radius 3 is 2.59 bits per heavy atom. The summed E-state index contributed by atoms with van der Waals surface area (Å²) in [6.45, 7) is 2.35. The van der Waals surface area contributed by atoms with Crippen molar-refractivity contribution in [2.24, 2.45) is 5.73 Å². The van der Waals surface area contributed by atoms with E-state index >= 15 is 0 Å². The van der Waals surface area contributed by atoms with Crippen LogP contribution >= 0.6 is 11.3 Å². The van der Waals surface area contributed by atoms with E-state index in [0.717, 1.165) is 15.4 Å². The van der Waals surface area contributed by atoms with Gasteiger partial charge in [-0.15, -0.1) is 11.3 Å². The summed E-state index contributed by atoms with van der Waals surface area (Å²) in [6.07, 6.45) is 1.16. The Labute approximate surface area is 105 Å². The lowest BCUT2D eigenvalue weighted by Gasteiger charge is -2.20. The number of hydrogen-bond donors (Lipinski definition) is 2. The first-order valence-electron chi connectivity index (χ1n) is 5.57. The quantitative estimate of drug-likeness (QED) is 0.872. The smallest absolute Gasteiger partial charge is 0.0978 e. The van der Waals surface area contributed by atoms with Crippen LogP contribution in [-0.4, -0.2) is 16.6 Å². The lowest BCUT2D eigenvalue weighted by molar-refractivity contribution is 0.151. The third-order valence-electron chi connectivity index (χ3n) is 2.79. The maximum Gasteiger partial charge on any atom is 0.0978 e. The monoisotopic (exact) mass is 248 g/mol. The van der Waals surface area contributed by atoms with Crippen molar-refractivity contribution in [2.75, 3.05) is 6.54 Å². The highest BCUT2D eigenvalue weighted by molar-refractivity contribution is 7.11. The molecule has 3 N–H and O–H groups in total. The van der Waals surface area contributed by atoms with Crippen molar-refractivity contribution < 1.29 is 5.11 Å².